The first-order chi connectivity index (χ1) is 7.16. The van der Waals surface area contributed by atoms with E-state index in [2.05, 4.69) is 16.4 Å². The summed E-state index contributed by atoms with van der Waals surface area (Å²) in [6.45, 7) is 4.77. The van der Waals surface area contributed by atoms with E-state index in [9.17, 15) is 4.21 Å². The molecule has 0 bridgehead atoms. The van der Waals surface area contributed by atoms with Crippen molar-refractivity contribution in [2.24, 2.45) is 0 Å². The third-order valence-corrected chi connectivity index (χ3v) is 2.64. The Morgan fingerprint density at radius 2 is 1.87 bits per heavy atom. The van der Waals surface area contributed by atoms with Gasteiger partial charge >= 0.3 is 11.4 Å². The van der Waals surface area contributed by atoms with Gasteiger partial charge in [0.1, 0.15) is 6.23 Å². The second kappa shape index (κ2) is 10.5. The van der Waals surface area contributed by atoms with Crippen molar-refractivity contribution in [1.82, 2.24) is 5.32 Å². The van der Waals surface area contributed by atoms with Crippen molar-refractivity contribution in [1.29, 1.82) is 0 Å². The molecular formula is C10H23NO3S. The highest BCUT2D eigenvalue weighted by atomic mass is 32.2. The average Bonchev–Trinajstić information content (AvgIpc) is 2.15. The van der Waals surface area contributed by atoms with Crippen molar-refractivity contribution in [2.45, 2.75) is 58.6 Å². The molecule has 0 heterocycles. The molecule has 0 amide bonds. The zero-order chi connectivity index (χ0) is 11.5. The molecule has 0 aromatic rings. The summed E-state index contributed by atoms with van der Waals surface area (Å²) in [4.78, 5) is 0. The smallest absolute Gasteiger partial charge is 0.291 e. The molecule has 0 rings (SSSR count). The first kappa shape index (κ1) is 15.0. The summed E-state index contributed by atoms with van der Waals surface area (Å²) in [6, 6.07) is 0. The Labute approximate surface area is 95.3 Å². The number of rotatable bonds is 10. The van der Waals surface area contributed by atoms with Gasteiger partial charge in [0, 0.05) is 0 Å². The Hall–Kier alpha value is 0.0300. The minimum atomic E-state index is -2.17. The Morgan fingerprint density at radius 1 is 1.27 bits per heavy atom. The Morgan fingerprint density at radius 3 is 2.47 bits per heavy atom. The van der Waals surface area contributed by atoms with E-state index in [-0.39, 0.29) is 6.23 Å². The number of nitrogens with one attached hydrogen (secondary N) is 1. The molecule has 0 aliphatic carbocycles. The molecular weight excluding hydrogens is 214 g/mol. The van der Waals surface area contributed by atoms with Crippen molar-refractivity contribution < 1.29 is 12.9 Å². The van der Waals surface area contributed by atoms with Crippen LogP contribution in [0.1, 0.15) is 52.4 Å². The lowest BCUT2D eigenvalue weighted by atomic mass is 10.1. The highest BCUT2D eigenvalue weighted by molar-refractivity contribution is 7.74. The van der Waals surface area contributed by atoms with Crippen LogP contribution in [0.3, 0.4) is 0 Å². The third-order valence-electron chi connectivity index (χ3n) is 2.19. The molecule has 0 radical (unpaired) electrons. The first-order valence-electron chi connectivity index (χ1n) is 5.68. The summed E-state index contributed by atoms with van der Waals surface area (Å²) in [5.74, 6) is 0. The number of hydrogen-bond donors (Lipinski definition) is 2. The third kappa shape index (κ3) is 12.0. The summed E-state index contributed by atoms with van der Waals surface area (Å²) in [5.41, 5.74) is 0. The highest BCUT2D eigenvalue weighted by Crippen LogP contribution is 2.04. The van der Waals surface area contributed by atoms with Gasteiger partial charge in [-0.25, -0.2) is 4.18 Å². The molecule has 2 atom stereocenters. The second-order valence-corrected chi connectivity index (χ2v) is 4.30. The lowest BCUT2D eigenvalue weighted by molar-refractivity contribution is 0.185. The fourth-order valence-electron chi connectivity index (χ4n) is 1.37. The van der Waals surface area contributed by atoms with Crippen molar-refractivity contribution in [2.75, 3.05) is 6.54 Å². The second-order valence-electron chi connectivity index (χ2n) is 3.68. The van der Waals surface area contributed by atoms with Crippen molar-refractivity contribution in [3.8, 4) is 0 Å². The fourth-order valence-corrected chi connectivity index (χ4v) is 1.68. The van der Waals surface area contributed by atoms with E-state index < -0.39 is 11.4 Å². The van der Waals surface area contributed by atoms with E-state index in [4.69, 9.17) is 4.55 Å². The summed E-state index contributed by atoms with van der Waals surface area (Å²) in [7, 11) is 0. The molecule has 0 aromatic heterocycles. The minimum Gasteiger partial charge on any atom is -0.291 e. The Kier molecular flexibility index (Phi) is 10.6. The highest BCUT2D eigenvalue weighted by Gasteiger charge is 2.03. The zero-order valence-electron chi connectivity index (χ0n) is 9.70. The van der Waals surface area contributed by atoms with Gasteiger partial charge in [-0.3, -0.25) is 9.87 Å². The molecule has 0 spiro atoms. The van der Waals surface area contributed by atoms with Crippen LogP contribution in [0.2, 0.25) is 0 Å². The molecule has 92 valence electrons. The number of hydrogen-bond acceptors (Lipinski definition) is 3. The molecule has 0 aliphatic rings. The standard InChI is InChI=1S/C10H23NO3S/c1-3-4-5-6-7-8-9-11-10(2)14-15(12)13/h10-11H,3-9H2,1-2H3,(H,12,13). The molecule has 2 N–H and O–H groups in total. The van der Waals surface area contributed by atoms with E-state index >= 15 is 0 Å². The maximum atomic E-state index is 10.3. The van der Waals surface area contributed by atoms with Gasteiger partial charge in [0.25, 0.3) is 0 Å². The minimum absolute atomic E-state index is 0.355. The lowest BCUT2D eigenvalue weighted by Crippen LogP contribution is -2.30. The lowest BCUT2D eigenvalue weighted by Gasteiger charge is -2.11. The van der Waals surface area contributed by atoms with Gasteiger partial charge in [-0.05, 0) is 19.9 Å². The Balaban J connectivity index is 3.13. The van der Waals surface area contributed by atoms with Crippen molar-refractivity contribution in [3.05, 3.63) is 0 Å². The van der Waals surface area contributed by atoms with Crippen LogP contribution in [0.4, 0.5) is 0 Å². The molecule has 5 heteroatoms. The van der Waals surface area contributed by atoms with Crippen molar-refractivity contribution in [3.63, 3.8) is 0 Å². The average molecular weight is 237 g/mol. The van der Waals surface area contributed by atoms with Gasteiger partial charge in [-0.15, -0.1) is 0 Å². The van der Waals surface area contributed by atoms with E-state index in [1.165, 1.54) is 32.1 Å². The van der Waals surface area contributed by atoms with Crippen LogP contribution in [0.15, 0.2) is 0 Å². The summed E-state index contributed by atoms with van der Waals surface area (Å²) in [5, 5.41) is 3.03. The molecule has 0 aliphatic heterocycles. The van der Waals surface area contributed by atoms with Gasteiger partial charge in [0.15, 0.2) is 0 Å². The van der Waals surface area contributed by atoms with Gasteiger partial charge in [0.05, 0.1) is 0 Å². The molecule has 4 nitrogen and oxygen atoms in total. The van der Waals surface area contributed by atoms with Crippen molar-refractivity contribution >= 4 is 11.4 Å². The van der Waals surface area contributed by atoms with Gasteiger partial charge in [-0.1, -0.05) is 39.0 Å². The first-order valence-corrected chi connectivity index (χ1v) is 6.71. The molecule has 2 unspecified atom stereocenters. The van der Waals surface area contributed by atoms with E-state index in [0.717, 1.165) is 13.0 Å². The van der Waals surface area contributed by atoms with Crippen LogP contribution in [0, 0.1) is 0 Å². The molecule has 15 heavy (non-hydrogen) atoms. The predicted octanol–water partition coefficient (Wildman–Crippen LogP) is 2.44. The Bertz CT molecular complexity index is 167. The van der Waals surface area contributed by atoms with E-state index in [0.29, 0.717) is 0 Å². The fraction of sp³-hybridized carbons (Fsp3) is 1.00. The largest absolute Gasteiger partial charge is 0.303 e. The predicted molar refractivity (Wildman–Crippen MR) is 62.7 cm³/mol. The number of unbranched alkanes of at least 4 members (excludes halogenated alkanes) is 5. The molecule has 0 fully saturated rings. The summed E-state index contributed by atoms with van der Waals surface area (Å²) in [6.07, 6.45) is 7.12. The van der Waals surface area contributed by atoms with Crippen LogP contribution in [-0.4, -0.2) is 21.5 Å². The van der Waals surface area contributed by atoms with Crippen LogP contribution in [-0.2, 0) is 15.5 Å². The quantitative estimate of drug-likeness (QED) is 0.348. The maximum absolute atomic E-state index is 10.3. The van der Waals surface area contributed by atoms with E-state index in [1.807, 2.05) is 0 Å². The van der Waals surface area contributed by atoms with Crippen LogP contribution >= 0.6 is 0 Å². The van der Waals surface area contributed by atoms with Gasteiger partial charge in [0.2, 0.25) is 0 Å². The summed E-state index contributed by atoms with van der Waals surface area (Å²) >= 11 is -2.17. The molecule has 0 saturated heterocycles. The molecule has 0 saturated carbocycles. The normalized spacial score (nSPS) is 15.1. The van der Waals surface area contributed by atoms with Crippen LogP contribution < -0.4 is 5.32 Å². The SMILES string of the molecule is CCCCCCCCNC(C)OS(=O)O. The van der Waals surface area contributed by atoms with Crippen LogP contribution in [0.5, 0.6) is 0 Å². The van der Waals surface area contributed by atoms with Gasteiger partial charge < -0.3 is 0 Å². The monoisotopic (exact) mass is 237 g/mol. The topological polar surface area (TPSA) is 58.6 Å². The van der Waals surface area contributed by atoms with Gasteiger partial charge in [-0.2, -0.15) is 4.21 Å². The van der Waals surface area contributed by atoms with Crippen LogP contribution in [0.25, 0.3) is 0 Å². The summed E-state index contributed by atoms with van der Waals surface area (Å²) < 4.78 is 23.3. The zero-order valence-corrected chi connectivity index (χ0v) is 10.5. The van der Waals surface area contributed by atoms with E-state index in [1.54, 1.807) is 6.92 Å². The molecule has 0 aromatic carbocycles. The maximum Gasteiger partial charge on any atom is 0.303 e.